The molecule has 0 atom stereocenters. The van der Waals surface area contributed by atoms with Gasteiger partial charge in [-0.15, -0.1) is 0 Å². The quantitative estimate of drug-likeness (QED) is 0.888. The number of piperidine rings is 1. The van der Waals surface area contributed by atoms with Crippen LogP contribution in [0.2, 0.25) is 0 Å². The molecule has 1 aliphatic rings. The van der Waals surface area contributed by atoms with Gasteiger partial charge in [0.15, 0.2) is 0 Å². The zero-order valence-corrected chi connectivity index (χ0v) is 13.5. The van der Waals surface area contributed by atoms with E-state index in [4.69, 9.17) is 4.74 Å². The van der Waals surface area contributed by atoms with E-state index < -0.39 is 12.6 Å². The fourth-order valence-corrected chi connectivity index (χ4v) is 2.48. The van der Waals surface area contributed by atoms with E-state index in [2.05, 4.69) is 15.3 Å². The van der Waals surface area contributed by atoms with Crippen LogP contribution in [0.5, 0.6) is 0 Å². The number of likely N-dealkylation sites (tertiary alicyclic amines) is 1. The summed E-state index contributed by atoms with van der Waals surface area (Å²) < 4.78 is 41.8. The van der Waals surface area contributed by atoms with Crippen LogP contribution in [0, 0.1) is 0 Å². The number of alkyl halides is 3. The second-order valence-electron chi connectivity index (χ2n) is 5.59. The number of carbonyl (C=O) groups excluding carboxylic acids is 1. The highest BCUT2D eigenvalue weighted by Crippen LogP contribution is 2.22. The summed E-state index contributed by atoms with van der Waals surface area (Å²) in [5.41, 5.74) is 0.355. The molecule has 0 unspecified atom stereocenters. The lowest BCUT2D eigenvalue weighted by atomic mass is 10.1. The molecule has 1 fully saturated rings. The molecule has 0 bridgehead atoms. The first-order chi connectivity index (χ1) is 11.4. The van der Waals surface area contributed by atoms with Gasteiger partial charge in [0.2, 0.25) is 5.95 Å². The van der Waals surface area contributed by atoms with Gasteiger partial charge in [-0.25, -0.2) is 14.8 Å². The normalized spacial score (nSPS) is 16.1. The van der Waals surface area contributed by atoms with Crippen molar-refractivity contribution in [3.63, 3.8) is 0 Å². The molecule has 24 heavy (non-hydrogen) atoms. The molecule has 2 heterocycles. The number of ether oxygens (including phenoxy) is 1. The van der Waals surface area contributed by atoms with Crippen molar-refractivity contribution in [3.05, 3.63) is 18.0 Å². The predicted molar refractivity (Wildman–Crippen MR) is 81.6 cm³/mol. The molecule has 0 spiro atoms. The standard InChI is InChI=1S/C15H21F3N4O2/c1-2-24-14(23)22-9-5-12(6-10-22)21-13-19-8-4-11(20-13)3-7-15(16,17)18/h4,8,12H,2-3,5-7,9-10H2,1H3,(H,19,20,21). The average Bonchev–Trinajstić information content (AvgIpc) is 2.54. The number of carbonyl (C=O) groups is 1. The molecule has 9 heteroatoms. The van der Waals surface area contributed by atoms with Gasteiger partial charge in [-0.1, -0.05) is 0 Å². The fourth-order valence-electron chi connectivity index (χ4n) is 2.48. The molecule has 0 saturated carbocycles. The molecular formula is C15H21F3N4O2. The summed E-state index contributed by atoms with van der Waals surface area (Å²) >= 11 is 0. The minimum absolute atomic E-state index is 0.0774. The molecule has 1 aliphatic heterocycles. The van der Waals surface area contributed by atoms with Gasteiger partial charge < -0.3 is 15.0 Å². The molecule has 1 aromatic rings. The third-order valence-electron chi connectivity index (χ3n) is 3.73. The van der Waals surface area contributed by atoms with E-state index in [9.17, 15) is 18.0 Å². The van der Waals surface area contributed by atoms with Crippen LogP contribution in [0.3, 0.4) is 0 Å². The van der Waals surface area contributed by atoms with Crippen molar-refractivity contribution < 1.29 is 22.7 Å². The molecule has 1 aromatic heterocycles. The number of halogens is 3. The maximum absolute atomic E-state index is 12.3. The minimum Gasteiger partial charge on any atom is -0.450 e. The number of anilines is 1. The third-order valence-corrected chi connectivity index (χ3v) is 3.73. The molecule has 0 aromatic carbocycles. The molecule has 0 radical (unpaired) electrons. The zero-order valence-electron chi connectivity index (χ0n) is 13.5. The average molecular weight is 346 g/mol. The fraction of sp³-hybridized carbons (Fsp3) is 0.667. The molecule has 0 aliphatic carbocycles. The Morgan fingerprint density at radius 3 is 2.75 bits per heavy atom. The van der Waals surface area contributed by atoms with Crippen molar-refractivity contribution in [2.24, 2.45) is 0 Å². The van der Waals surface area contributed by atoms with Crippen LogP contribution in [0.15, 0.2) is 12.3 Å². The molecule has 2 rings (SSSR count). The van der Waals surface area contributed by atoms with E-state index in [1.807, 2.05) is 0 Å². The summed E-state index contributed by atoms with van der Waals surface area (Å²) in [5.74, 6) is 0.323. The van der Waals surface area contributed by atoms with Crippen molar-refractivity contribution in [2.45, 2.75) is 44.8 Å². The topological polar surface area (TPSA) is 67.3 Å². The maximum Gasteiger partial charge on any atom is 0.409 e. The number of hydrogen-bond donors (Lipinski definition) is 1. The number of nitrogens with zero attached hydrogens (tertiary/aromatic N) is 3. The van der Waals surface area contributed by atoms with Gasteiger partial charge in [0.25, 0.3) is 0 Å². The van der Waals surface area contributed by atoms with Crippen LogP contribution < -0.4 is 5.32 Å². The van der Waals surface area contributed by atoms with E-state index in [-0.39, 0.29) is 18.6 Å². The van der Waals surface area contributed by atoms with Crippen LogP contribution in [0.1, 0.15) is 31.9 Å². The Morgan fingerprint density at radius 1 is 1.42 bits per heavy atom. The summed E-state index contributed by atoms with van der Waals surface area (Å²) in [7, 11) is 0. The maximum atomic E-state index is 12.3. The lowest BCUT2D eigenvalue weighted by Gasteiger charge is -2.31. The summed E-state index contributed by atoms with van der Waals surface area (Å²) in [6.07, 6.45) is -2.72. The van der Waals surface area contributed by atoms with Crippen molar-refractivity contribution >= 4 is 12.0 Å². The second kappa shape index (κ2) is 8.16. The molecule has 1 N–H and O–H groups in total. The molecule has 1 amide bonds. The van der Waals surface area contributed by atoms with Crippen molar-refractivity contribution in [1.82, 2.24) is 14.9 Å². The monoisotopic (exact) mass is 346 g/mol. The van der Waals surface area contributed by atoms with E-state index >= 15 is 0 Å². The Morgan fingerprint density at radius 2 is 2.12 bits per heavy atom. The third kappa shape index (κ3) is 5.86. The highest BCUT2D eigenvalue weighted by atomic mass is 19.4. The lowest BCUT2D eigenvalue weighted by molar-refractivity contribution is -0.134. The first-order valence-electron chi connectivity index (χ1n) is 7.94. The molecule has 6 nitrogen and oxygen atoms in total. The summed E-state index contributed by atoms with van der Waals surface area (Å²) in [6, 6.07) is 1.56. The molecule has 1 saturated heterocycles. The van der Waals surface area contributed by atoms with Crippen LogP contribution in [-0.4, -0.2) is 52.9 Å². The Labute approximate surface area is 138 Å². The van der Waals surface area contributed by atoms with Crippen molar-refractivity contribution in [1.29, 1.82) is 0 Å². The number of rotatable bonds is 5. The molecule has 134 valence electrons. The molecular weight excluding hydrogens is 325 g/mol. The van der Waals surface area contributed by atoms with E-state index in [0.29, 0.717) is 44.2 Å². The minimum atomic E-state index is -4.20. The van der Waals surface area contributed by atoms with Gasteiger partial charge in [0.1, 0.15) is 0 Å². The van der Waals surface area contributed by atoms with Crippen LogP contribution >= 0.6 is 0 Å². The Kier molecular flexibility index (Phi) is 6.22. The number of amides is 1. The highest BCUT2D eigenvalue weighted by molar-refractivity contribution is 5.67. The summed E-state index contributed by atoms with van der Waals surface area (Å²) in [6.45, 7) is 3.22. The highest BCUT2D eigenvalue weighted by Gasteiger charge is 2.27. The van der Waals surface area contributed by atoms with Gasteiger partial charge in [0.05, 0.1) is 6.61 Å². The van der Waals surface area contributed by atoms with E-state index in [0.717, 1.165) is 0 Å². The van der Waals surface area contributed by atoms with E-state index in [1.165, 1.54) is 12.3 Å². The van der Waals surface area contributed by atoms with Crippen LogP contribution in [-0.2, 0) is 11.2 Å². The predicted octanol–water partition coefficient (Wildman–Crippen LogP) is 3.00. The van der Waals surface area contributed by atoms with Gasteiger partial charge in [0, 0.05) is 37.4 Å². The first-order valence-corrected chi connectivity index (χ1v) is 7.94. The Bertz CT molecular complexity index is 546. The SMILES string of the molecule is CCOC(=O)N1CCC(Nc2nccc(CCC(F)(F)F)n2)CC1. The Balaban J connectivity index is 1.83. The number of nitrogens with one attached hydrogen (secondary N) is 1. The largest absolute Gasteiger partial charge is 0.450 e. The zero-order chi connectivity index (χ0) is 17.6. The number of aromatic nitrogens is 2. The smallest absolute Gasteiger partial charge is 0.409 e. The second-order valence-corrected chi connectivity index (χ2v) is 5.59. The van der Waals surface area contributed by atoms with Gasteiger partial charge in [-0.05, 0) is 32.3 Å². The lowest BCUT2D eigenvalue weighted by Crippen LogP contribution is -2.42. The van der Waals surface area contributed by atoms with Gasteiger partial charge in [-0.3, -0.25) is 0 Å². The van der Waals surface area contributed by atoms with Crippen LogP contribution in [0.4, 0.5) is 23.9 Å². The summed E-state index contributed by atoms with van der Waals surface area (Å²) in [5, 5.41) is 3.13. The summed E-state index contributed by atoms with van der Waals surface area (Å²) in [4.78, 5) is 21.4. The number of hydrogen-bond acceptors (Lipinski definition) is 5. The van der Waals surface area contributed by atoms with Crippen molar-refractivity contribution in [2.75, 3.05) is 25.0 Å². The Hall–Kier alpha value is -2.06. The van der Waals surface area contributed by atoms with Gasteiger partial charge >= 0.3 is 12.3 Å². The first kappa shape index (κ1) is 18.3. The van der Waals surface area contributed by atoms with E-state index in [1.54, 1.807) is 11.8 Å². The van der Waals surface area contributed by atoms with Crippen LogP contribution in [0.25, 0.3) is 0 Å². The van der Waals surface area contributed by atoms with Crippen molar-refractivity contribution in [3.8, 4) is 0 Å². The van der Waals surface area contributed by atoms with Gasteiger partial charge in [-0.2, -0.15) is 13.2 Å². The number of aryl methyl sites for hydroxylation is 1.